The maximum Gasteiger partial charge on any atom is 0.262 e. The zero-order chi connectivity index (χ0) is 21.5. The van der Waals surface area contributed by atoms with Crippen molar-refractivity contribution in [2.45, 2.75) is 13.5 Å². The maximum absolute atomic E-state index is 12.7. The molecule has 0 spiro atoms. The highest BCUT2D eigenvalue weighted by atomic mass is 35.5. The highest BCUT2D eigenvalue weighted by Gasteiger charge is 2.13. The summed E-state index contributed by atoms with van der Waals surface area (Å²) in [5, 5.41) is 3.38. The summed E-state index contributed by atoms with van der Waals surface area (Å²) < 4.78 is 5.56. The van der Waals surface area contributed by atoms with Crippen molar-refractivity contribution in [3.05, 3.63) is 94.5 Å². The molecule has 0 unspecified atom stereocenters. The van der Waals surface area contributed by atoms with Gasteiger partial charge in [0.25, 0.3) is 11.8 Å². The average Bonchev–Trinajstić information content (AvgIpc) is 2.73. The van der Waals surface area contributed by atoms with Gasteiger partial charge in [-0.25, -0.2) is 0 Å². The molecule has 0 aliphatic carbocycles. The van der Waals surface area contributed by atoms with Crippen molar-refractivity contribution in [1.29, 1.82) is 0 Å². The van der Waals surface area contributed by atoms with Gasteiger partial charge in [-0.1, -0.05) is 48.0 Å². The van der Waals surface area contributed by atoms with Crippen LogP contribution in [-0.4, -0.2) is 30.4 Å². The van der Waals surface area contributed by atoms with E-state index in [4.69, 9.17) is 16.3 Å². The van der Waals surface area contributed by atoms with Crippen molar-refractivity contribution in [2.24, 2.45) is 0 Å². The number of hydrogen-bond acceptors (Lipinski definition) is 3. The number of anilines is 1. The monoisotopic (exact) mass is 422 g/mol. The Bertz CT molecular complexity index is 1040. The highest BCUT2D eigenvalue weighted by molar-refractivity contribution is 6.30. The lowest BCUT2D eigenvalue weighted by Gasteiger charge is -2.18. The smallest absolute Gasteiger partial charge is 0.262 e. The molecule has 30 heavy (non-hydrogen) atoms. The molecule has 6 heteroatoms. The van der Waals surface area contributed by atoms with Crippen molar-refractivity contribution in [3.63, 3.8) is 0 Å². The normalized spacial score (nSPS) is 10.4. The summed E-state index contributed by atoms with van der Waals surface area (Å²) >= 11 is 5.93. The molecule has 0 aromatic heterocycles. The molecule has 5 nitrogen and oxygen atoms in total. The lowest BCUT2D eigenvalue weighted by atomic mass is 10.1. The number of ether oxygens (including phenoxy) is 1. The van der Waals surface area contributed by atoms with Crippen molar-refractivity contribution in [1.82, 2.24) is 4.90 Å². The van der Waals surface area contributed by atoms with E-state index in [2.05, 4.69) is 5.32 Å². The molecule has 0 saturated carbocycles. The minimum absolute atomic E-state index is 0.122. The topological polar surface area (TPSA) is 58.6 Å². The van der Waals surface area contributed by atoms with E-state index >= 15 is 0 Å². The van der Waals surface area contributed by atoms with E-state index in [-0.39, 0.29) is 18.4 Å². The van der Waals surface area contributed by atoms with Crippen molar-refractivity contribution >= 4 is 29.1 Å². The summed E-state index contributed by atoms with van der Waals surface area (Å²) in [5.41, 5.74) is 2.94. The fourth-order valence-electron chi connectivity index (χ4n) is 2.99. The molecule has 0 saturated heterocycles. The molecule has 0 radical (unpaired) electrons. The van der Waals surface area contributed by atoms with Crippen LogP contribution in [0.3, 0.4) is 0 Å². The number of carbonyl (C=O) groups is 2. The molecule has 0 bridgehead atoms. The van der Waals surface area contributed by atoms with Crippen LogP contribution in [0.15, 0.2) is 72.8 Å². The first-order chi connectivity index (χ1) is 14.4. The molecule has 154 valence electrons. The Hall–Kier alpha value is -3.31. The van der Waals surface area contributed by atoms with Crippen LogP contribution in [0.4, 0.5) is 5.69 Å². The van der Waals surface area contributed by atoms with Crippen LogP contribution in [0.25, 0.3) is 0 Å². The largest absolute Gasteiger partial charge is 0.483 e. The number of amides is 2. The minimum Gasteiger partial charge on any atom is -0.483 e. The summed E-state index contributed by atoms with van der Waals surface area (Å²) in [4.78, 5) is 26.6. The molecule has 3 rings (SSSR count). The van der Waals surface area contributed by atoms with Crippen LogP contribution in [0, 0.1) is 6.92 Å². The van der Waals surface area contributed by atoms with Crippen LogP contribution in [0.5, 0.6) is 5.75 Å². The quantitative estimate of drug-likeness (QED) is 0.586. The number of aryl methyl sites for hydroxylation is 1. The molecule has 0 fully saturated rings. The fourth-order valence-corrected chi connectivity index (χ4v) is 3.22. The van der Waals surface area contributed by atoms with Gasteiger partial charge in [0.1, 0.15) is 5.75 Å². The van der Waals surface area contributed by atoms with Crippen LogP contribution < -0.4 is 10.1 Å². The van der Waals surface area contributed by atoms with Crippen molar-refractivity contribution in [2.75, 3.05) is 19.0 Å². The third-order valence-electron chi connectivity index (χ3n) is 4.50. The maximum atomic E-state index is 12.7. The zero-order valence-electron chi connectivity index (χ0n) is 16.9. The lowest BCUT2D eigenvalue weighted by Crippen LogP contribution is -2.26. The summed E-state index contributed by atoms with van der Waals surface area (Å²) in [5.74, 6) is 0.163. The second-order valence-electron chi connectivity index (χ2n) is 6.97. The Morgan fingerprint density at radius 2 is 1.77 bits per heavy atom. The first-order valence-corrected chi connectivity index (χ1v) is 9.88. The molecule has 2 amide bonds. The van der Waals surface area contributed by atoms with E-state index in [1.54, 1.807) is 54.4 Å². The second kappa shape index (κ2) is 9.94. The van der Waals surface area contributed by atoms with Gasteiger partial charge in [-0.05, 0) is 54.4 Å². The molecule has 0 heterocycles. The third-order valence-corrected chi connectivity index (χ3v) is 4.73. The summed E-state index contributed by atoms with van der Waals surface area (Å²) in [6.45, 7) is 2.22. The highest BCUT2D eigenvalue weighted by Crippen LogP contribution is 2.22. The number of carbonyl (C=O) groups excluding carboxylic acids is 2. The fraction of sp³-hybridized carbons (Fsp3) is 0.167. The van der Waals surface area contributed by atoms with Gasteiger partial charge in [0.15, 0.2) is 6.61 Å². The van der Waals surface area contributed by atoms with Gasteiger partial charge in [0.2, 0.25) is 0 Å². The number of halogens is 1. The van der Waals surface area contributed by atoms with Crippen LogP contribution >= 0.6 is 11.6 Å². The van der Waals surface area contributed by atoms with E-state index in [1.165, 1.54) is 0 Å². The van der Waals surface area contributed by atoms with Crippen LogP contribution in [0.1, 0.15) is 21.5 Å². The number of rotatable bonds is 7. The van der Waals surface area contributed by atoms with Crippen molar-refractivity contribution in [3.8, 4) is 5.75 Å². The van der Waals surface area contributed by atoms with Gasteiger partial charge in [-0.3, -0.25) is 9.59 Å². The standard InChI is InChI=1S/C24H23ClN2O3/c1-17-13-20(25)11-12-22(17)30-16-23(28)26-21-10-6-9-19(14-21)24(29)27(2)15-18-7-4-3-5-8-18/h3-14H,15-16H2,1-2H3,(H,26,28). The molecule has 3 aromatic rings. The first kappa shape index (κ1) is 21.4. The third kappa shape index (κ3) is 5.84. The van der Waals surface area contributed by atoms with Crippen molar-refractivity contribution < 1.29 is 14.3 Å². The van der Waals surface area contributed by atoms with Gasteiger partial charge in [-0.2, -0.15) is 0 Å². The van der Waals surface area contributed by atoms with Gasteiger partial charge in [0, 0.05) is 29.9 Å². The SMILES string of the molecule is Cc1cc(Cl)ccc1OCC(=O)Nc1cccc(C(=O)N(C)Cc2ccccc2)c1. The first-order valence-electron chi connectivity index (χ1n) is 9.50. The summed E-state index contributed by atoms with van der Waals surface area (Å²) in [7, 11) is 1.75. The molecule has 1 N–H and O–H groups in total. The Labute approximate surface area is 181 Å². The summed E-state index contributed by atoms with van der Waals surface area (Å²) in [6, 6.07) is 21.9. The Kier molecular flexibility index (Phi) is 7.09. The Balaban J connectivity index is 1.59. The molecular weight excluding hydrogens is 400 g/mol. The lowest BCUT2D eigenvalue weighted by molar-refractivity contribution is -0.118. The number of nitrogens with one attached hydrogen (secondary N) is 1. The minimum atomic E-state index is -0.313. The predicted molar refractivity (Wildman–Crippen MR) is 119 cm³/mol. The van der Waals surface area contributed by atoms with Gasteiger partial charge in [-0.15, -0.1) is 0 Å². The number of benzene rings is 3. The zero-order valence-corrected chi connectivity index (χ0v) is 17.6. The van der Waals surface area contributed by atoms with Crippen LogP contribution in [-0.2, 0) is 11.3 Å². The van der Waals surface area contributed by atoms with E-state index in [0.29, 0.717) is 28.6 Å². The number of nitrogens with zero attached hydrogens (tertiary/aromatic N) is 1. The van der Waals surface area contributed by atoms with E-state index in [9.17, 15) is 9.59 Å². The molecule has 0 atom stereocenters. The Morgan fingerprint density at radius 3 is 2.50 bits per heavy atom. The van der Waals surface area contributed by atoms with Gasteiger partial charge < -0.3 is 15.0 Å². The number of hydrogen-bond donors (Lipinski definition) is 1. The van der Waals surface area contributed by atoms with Crippen LogP contribution in [0.2, 0.25) is 5.02 Å². The Morgan fingerprint density at radius 1 is 1.00 bits per heavy atom. The summed E-state index contributed by atoms with van der Waals surface area (Å²) in [6.07, 6.45) is 0. The predicted octanol–water partition coefficient (Wildman–Crippen LogP) is 4.94. The second-order valence-corrected chi connectivity index (χ2v) is 7.41. The molecule has 0 aliphatic heterocycles. The van der Waals surface area contributed by atoms with Gasteiger partial charge in [0.05, 0.1) is 0 Å². The molecule has 3 aromatic carbocycles. The van der Waals surface area contributed by atoms with E-state index in [0.717, 1.165) is 11.1 Å². The van der Waals surface area contributed by atoms with E-state index < -0.39 is 0 Å². The average molecular weight is 423 g/mol. The molecular formula is C24H23ClN2O3. The van der Waals surface area contributed by atoms with E-state index in [1.807, 2.05) is 37.3 Å². The molecule has 0 aliphatic rings. The van der Waals surface area contributed by atoms with Gasteiger partial charge >= 0.3 is 0 Å².